The zero-order valence-corrected chi connectivity index (χ0v) is 21.4. The molecular formula is C26H21Cl2N3O4S. The molecule has 1 heterocycles. The lowest BCUT2D eigenvalue weighted by molar-refractivity contribution is -0.131. The molecule has 0 radical (unpaired) electrons. The highest BCUT2D eigenvalue weighted by atomic mass is 35.5. The van der Waals surface area contributed by atoms with Gasteiger partial charge in [-0.1, -0.05) is 41.4 Å². The van der Waals surface area contributed by atoms with Crippen LogP contribution in [0.2, 0.25) is 10.0 Å². The maximum absolute atomic E-state index is 11.9. The monoisotopic (exact) mass is 541 g/mol. The van der Waals surface area contributed by atoms with Crippen LogP contribution in [0.5, 0.6) is 11.5 Å². The summed E-state index contributed by atoms with van der Waals surface area (Å²) in [6.45, 7) is 2.63. The van der Waals surface area contributed by atoms with E-state index in [0.717, 1.165) is 22.9 Å². The fourth-order valence-corrected chi connectivity index (χ4v) is 4.12. The lowest BCUT2D eigenvalue weighted by Crippen LogP contribution is -2.00. The normalized spacial score (nSPS) is 11.4. The van der Waals surface area contributed by atoms with Gasteiger partial charge in [0.25, 0.3) is 0 Å². The van der Waals surface area contributed by atoms with E-state index < -0.39 is 5.97 Å². The molecule has 3 aromatic carbocycles. The fraction of sp³-hybridized carbons (Fsp3) is 0.115. The van der Waals surface area contributed by atoms with Gasteiger partial charge < -0.3 is 14.6 Å². The number of halogens is 2. The minimum absolute atomic E-state index is 0.0499. The number of H-pyrrole nitrogens is 1. The molecule has 0 fully saturated rings. The summed E-state index contributed by atoms with van der Waals surface area (Å²) >= 11 is 12.8. The number of carbonyl (C=O) groups is 1. The molecule has 0 bridgehead atoms. The second-order valence-corrected chi connectivity index (χ2v) is 9.33. The molecule has 2 N–H and O–H groups in total. The standard InChI is InChI=1S/C26H21Cl2N3O4S/c1-2-34-22-13-17(5-12-21(22)35-15-16-3-8-19(27)9-4-16)14-23(25(32)33)36-26-29-24(30-31-26)18-6-10-20(28)11-7-18/h3-14H,2,15H2,1H3,(H,32,33)(H,29,30,31)/b23-14-. The van der Waals surface area contributed by atoms with E-state index in [1.54, 1.807) is 54.6 Å². The lowest BCUT2D eigenvalue weighted by atomic mass is 10.2. The number of nitrogens with one attached hydrogen (secondary N) is 1. The molecule has 0 saturated heterocycles. The fourth-order valence-electron chi connectivity index (χ4n) is 3.16. The maximum Gasteiger partial charge on any atom is 0.342 e. The minimum Gasteiger partial charge on any atom is -0.490 e. The van der Waals surface area contributed by atoms with Crippen molar-refractivity contribution in [3.05, 3.63) is 92.8 Å². The Bertz CT molecular complexity index is 1370. The summed E-state index contributed by atoms with van der Waals surface area (Å²) in [5.41, 5.74) is 2.38. The third-order valence-electron chi connectivity index (χ3n) is 4.87. The van der Waals surface area contributed by atoms with Crippen molar-refractivity contribution >= 4 is 47.0 Å². The third-order valence-corrected chi connectivity index (χ3v) is 6.25. The molecule has 0 aliphatic carbocycles. The molecule has 184 valence electrons. The smallest absolute Gasteiger partial charge is 0.342 e. The number of thioether (sulfide) groups is 1. The Morgan fingerprint density at radius 1 is 1.00 bits per heavy atom. The van der Waals surface area contributed by atoms with Gasteiger partial charge in [-0.05, 0) is 84.4 Å². The van der Waals surface area contributed by atoms with Gasteiger partial charge >= 0.3 is 5.97 Å². The number of aromatic amines is 1. The quantitative estimate of drug-likeness (QED) is 0.165. The molecule has 0 unspecified atom stereocenters. The predicted molar refractivity (Wildman–Crippen MR) is 142 cm³/mol. The van der Waals surface area contributed by atoms with Crippen LogP contribution in [0, 0.1) is 0 Å². The number of hydrogen-bond acceptors (Lipinski definition) is 6. The lowest BCUT2D eigenvalue weighted by Gasteiger charge is -2.13. The summed E-state index contributed by atoms with van der Waals surface area (Å²) in [7, 11) is 0. The largest absolute Gasteiger partial charge is 0.490 e. The number of nitrogens with zero attached hydrogens (tertiary/aromatic N) is 2. The Labute approximate surface area is 222 Å². The summed E-state index contributed by atoms with van der Waals surface area (Å²) in [5.74, 6) is 0.478. The van der Waals surface area contributed by atoms with Crippen LogP contribution in [0.15, 0.2) is 76.8 Å². The van der Waals surface area contributed by atoms with E-state index in [2.05, 4.69) is 15.2 Å². The second-order valence-electron chi connectivity index (χ2n) is 7.44. The van der Waals surface area contributed by atoms with Gasteiger partial charge in [-0.25, -0.2) is 9.78 Å². The first kappa shape index (κ1) is 25.6. The zero-order chi connectivity index (χ0) is 25.5. The highest BCUT2D eigenvalue weighted by Gasteiger charge is 2.15. The van der Waals surface area contributed by atoms with Gasteiger partial charge in [-0.3, -0.25) is 5.10 Å². The van der Waals surface area contributed by atoms with E-state index >= 15 is 0 Å². The van der Waals surface area contributed by atoms with Crippen molar-refractivity contribution < 1.29 is 19.4 Å². The minimum atomic E-state index is -1.10. The van der Waals surface area contributed by atoms with Crippen molar-refractivity contribution in [1.82, 2.24) is 15.2 Å². The highest BCUT2D eigenvalue weighted by Crippen LogP contribution is 2.33. The number of aromatic nitrogens is 3. The molecule has 0 spiro atoms. The Hall–Kier alpha value is -3.46. The van der Waals surface area contributed by atoms with E-state index in [0.29, 0.717) is 46.1 Å². The topological polar surface area (TPSA) is 97.3 Å². The summed E-state index contributed by atoms with van der Waals surface area (Å²) in [6.07, 6.45) is 1.54. The first-order valence-electron chi connectivity index (χ1n) is 10.9. The second kappa shape index (κ2) is 12.0. The van der Waals surface area contributed by atoms with Crippen molar-refractivity contribution in [3.8, 4) is 22.9 Å². The number of carboxylic acids is 1. The average Bonchev–Trinajstić information content (AvgIpc) is 3.33. The molecule has 1 aromatic heterocycles. The number of carboxylic acid groups (broad SMARTS) is 1. The molecule has 36 heavy (non-hydrogen) atoms. The Morgan fingerprint density at radius 2 is 1.69 bits per heavy atom. The predicted octanol–water partition coefficient (Wildman–Crippen LogP) is 6.97. The zero-order valence-electron chi connectivity index (χ0n) is 19.1. The van der Waals surface area contributed by atoms with Crippen molar-refractivity contribution in [3.63, 3.8) is 0 Å². The molecule has 0 aliphatic rings. The van der Waals surface area contributed by atoms with Crippen molar-refractivity contribution in [2.24, 2.45) is 0 Å². The van der Waals surface area contributed by atoms with E-state index in [1.807, 2.05) is 19.1 Å². The van der Waals surface area contributed by atoms with E-state index in [4.69, 9.17) is 32.7 Å². The van der Waals surface area contributed by atoms with Gasteiger partial charge in [0.2, 0.25) is 5.16 Å². The van der Waals surface area contributed by atoms with Crippen LogP contribution in [-0.2, 0) is 11.4 Å². The van der Waals surface area contributed by atoms with E-state index in [-0.39, 0.29) is 10.1 Å². The van der Waals surface area contributed by atoms with Crippen molar-refractivity contribution in [1.29, 1.82) is 0 Å². The SMILES string of the molecule is CCOc1cc(/C=C(\Sc2n[nH]c(-c3ccc(Cl)cc3)n2)C(=O)O)ccc1OCc1ccc(Cl)cc1. The molecule has 4 rings (SSSR count). The highest BCUT2D eigenvalue weighted by molar-refractivity contribution is 8.04. The number of benzene rings is 3. The van der Waals surface area contributed by atoms with Crippen LogP contribution in [0.1, 0.15) is 18.1 Å². The Morgan fingerprint density at radius 3 is 2.36 bits per heavy atom. The number of hydrogen-bond donors (Lipinski definition) is 2. The summed E-state index contributed by atoms with van der Waals surface area (Å²) in [6, 6.07) is 19.7. The van der Waals surface area contributed by atoms with Gasteiger partial charge in [0.05, 0.1) is 6.61 Å². The third kappa shape index (κ3) is 6.81. The molecule has 0 saturated carbocycles. The Balaban J connectivity index is 1.52. The number of aliphatic carboxylic acids is 1. The van der Waals surface area contributed by atoms with Crippen LogP contribution in [0.4, 0.5) is 0 Å². The van der Waals surface area contributed by atoms with Gasteiger partial charge in [-0.15, -0.1) is 5.10 Å². The van der Waals surface area contributed by atoms with E-state index in [9.17, 15) is 9.90 Å². The van der Waals surface area contributed by atoms with Crippen molar-refractivity contribution in [2.75, 3.05) is 6.61 Å². The van der Waals surface area contributed by atoms with Gasteiger partial charge in [-0.2, -0.15) is 0 Å². The van der Waals surface area contributed by atoms with Crippen LogP contribution in [-0.4, -0.2) is 32.9 Å². The molecule has 0 atom stereocenters. The molecule has 0 amide bonds. The summed E-state index contributed by atoms with van der Waals surface area (Å²) < 4.78 is 11.7. The molecule has 7 nitrogen and oxygen atoms in total. The molecular weight excluding hydrogens is 521 g/mol. The summed E-state index contributed by atoms with van der Waals surface area (Å²) in [5, 5.41) is 18.3. The van der Waals surface area contributed by atoms with Gasteiger partial charge in [0, 0.05) is 15.6 Å². The number of rotatable bonds is 10. The van der Waals surface area contributed by atoms with Crippen LogP contribution in [0.25, 0.3) is 17.5 Å². The van der Waals surface area contributed by atoms with Crippen molar-refractivity contribution in [2.45, 2.75) is 18.7 Å². The first-order chi connectivity index (χ1) is 17.4. The van der Waals surface area contributed by atoms with Gasteiger partial charge in [0.15, 0.2) is 17.3 Å². The van der Waals surface area contributed by atoms with Crippen LogP contribution in [0.3, 0.4) is 0 Å². The average molecular weight is 542 g/mol. The van der Waals surface area contributed by atoms with Crippen LogP contribution >= 0.6 is 35.0 Å². The van der Waals surface area contributed by atoms with E-state index in [1.165, 1.54) is 6.08 Å². The molecule has 10 heteroatoms. The van der Waals surface area contributed by atoms with Crippen LogP contribution < -0.4 is 9.47 Å². The summed E-state index contributed by atoms with van der Waals surface area (Å²) in [4.78, 5) is 16.4. The van der Waals surface area contributed by atoms with Gasteiger partial charge in [0.1, 0.15) is 11.5 Å². The molecule has 4 aromatic rings. The number of ether oxygens (including phenoxy) is 2. The maximum atomic E-state index is 11.9. The first-order valence-corrected chi connectivity index (χ1v) is 12.4. The Kier molecular flexibility index (Phi) is 8.53. The molecule has 0 aliphatic heterocycles.